The van der Waals surface area contributed by atoms with Crippen LogP contribution in [-0.4, -0.2) is 25.7 Å². The van der Waals surface area contributed by atoms with Crippen molar-refractivity contribution in [2.24, 2.45) is 0 Å². The molecule has 7 nitrogen and oxygen atoms in total. The molecule has 0 atom stereocenters. The number of nitrogens with zero attached hydrogens (tertiary/aromatic N) is 3. The van der Waals surface area contributed by atoms with Crippen molar-refractivity contribution >= 4 is 11.6 Å². The van der Waals surface area contributed by atoms with E-state index in [2.05, 4.69) is 20.5 Å². The first-order chi connectivity index (χ1) is 14.8. The lowest BCUT2D eigenvalue weighted by Gasteiger charge is -2.12. The van der Waals surface area contributed by atoms with Gasteiger partial charge >= 0.3 is 0 Å². The lowest BCUT2D eigenvalue weighted by Crippen LogP contribution is -2.29. The maximum absolute atomic E-state index is 14.2. The number of hydrogen-bond donors (Lipinski definition) is 2. The molecule has 0 fully saturated rings. The van der Waals surface area contributed by atoms with E-state index in [1.54, 1.807) is 38.1 Å². The number of nitrogens with one attached hydrogen (secondary N) is 2. The first-order valence-electron chi connectivity index (χ1n) is 9.32. The first kappa shape index (κ1) is 20.1. The smallest absolute Gasteiger partial charge is 0.268 e. The van der Waals surface area contributed by atoms with Crippen LogP contribution in [0.3, 0.4) is 0 Å². The lowest BCUT2D eigenvalue weighted by atomic mass is 10.1. The molecule has 0 unspecified atom stereocenters. The quantitative estimate of drug-likeness (QED) is 0.525. The number of pyridine rings is 1. The molecule has 2 N–H and O–H groups in total. The molecule has 0 bridgehead atoms. The minimum atomic E-state index is -0.784. The van der Waals surface area contributed by atoms with E-state index in [1.165, 1.54) is 12.3 Å². The Morgan fingerprint density at radius 3 is 2.65 bits per heavy atom. The summed E-state index contributed by atoms with van der Waals surface area (Å²) in [5.74, 6) is -1.04. The Hall–Kier alpha value is -4.14. The van der Waals surface area contributed by atoms with Crippen LogP contribution in [-0.2, 0) is 0 Å². The highest BCUT2D eigenvalue weighted by molar-refractivity contribution is 6.05. The minimum absolute atomic E-state index is 0.176. The summed E-state index contributed by atoms with van der Waals surface area (Å²) in [7, 11) is 0. The molecule has 2 aromatic heterocycles. The normalized spacial score (nSPS) is 10.8. The molecular weight excluding hydrogens is 404 g/mol. The van der Waals surface area contributed by atoms with Gasteiger partial charge < -0.3 is 5.32 Å². The Kier molecular flexibility index (Phi) is 5.16. The molecule has 0 saturated carbocycles. The molecule has 4 aromatic rings. The molecule has 0 aliphatic rings. The second-order valence-electron chi connectivity index (χ2n) is 6.92. The van der Waals surface area contributed by atoms with Crippen LogP contribution in [0.1, 0.15) is 21.7 Å². The highest BCUT2D eigenvalue weighted by Gasteiger charge is 2.19. The molecule has 2 heterocycles. The molecule has 0 saturated heterocycles. The summed E-state index contributed by atoms with van der Waals surface area (Å²) in [4.78, 5) is 30.1. The number of H-pyrrole nitrogens is 1. The third-order valence-electron chi connectivity index (χ3n) is 4.67. The standard InChI is InChI=1S/C22H17F2N5O2/c1-12-8-9-29(18-11-15(23)6-7-17(18)24)22(31)19(12)21(30)26-16-5-3-4-14(10-16)20-25-13(2)27-28-20/h3-11H,1-2H3,(H,26,30)(H,25,27,28). The number of carbonyl (C=O) groups is 1. The molecule has 1 amide bonds. The third-order valence-corrected chi connectivity index (χ3v) is 4.67. The van der Waals surface area contributed by atoms with Crippen molar-refractivity contribution in [3.63, 3.8) is 0 Å². The summed E-state index contributed by atoms with van der Waals surface area (Å²) < 4.78 is 28.7. The number of carbonyl (C=O) groups excluding carboxylic acids is 1. The van der Waals surface area contributed by atoms with Crippen LogP contribution >= 0.6 is 0 Å². The van der Waals surface area contributed by atoms with Crippen molar-refractivity contribution < 1.29 is 13.6 Å². The number of rotatable bonds is 4. The summed E-state index contributed by atoms with van der Waals surface area (Å²) in [6.45, 7) is 3.36. The van der Waals surface area contributed by atoms with Gasteiger partial charge in [-0.05, 0) is 49.7 Å². The minimum Gasteiger partial charge on any atom is -0.322 e. The van der Waals surface area contributed by atoms with Gasteiger partial charge in [0.15, 0.2) is 5.82 Å². The van der Waals surface area contributed by atoms with Gasteiger partial charge in [0.1, 0.15) is 23.0 Å². The number of anilines is 1. The van der Waals surface area contributed by atoms with E-state index < -0.39 is 23.1 Å². The highest BCUT2D eigenvalue weighted by Crippen LogP contribution is 2.20. The Labute approximate surface area is 175 Å². The fourth-order valence-electron chi connectivity index (χ4n) is 3.16. The maximum atomic E-state index is 14.2. The van der Waals surface area contributed by atoms with E-state index in [-0.39, 0.29) is 11.3 Å². The average molecular weight is 421 g/mol. The summed E-state index contributed by atoms with van der Waals surface area (Å²) in [5, 5.41) is 9.51. The van der Waals surface area contributed by atoms with Gasteiger partial charge in [0.2, 0.25) is 0 Å². The Morgan fingerprint density at radius 2 is 1.90 bits per heavy atom. The van der Waals surface area contributed by atoms with Gasteiger partial charge in [0.05, 0.1) is 5.69 Å². The largest absolute Gasteiger partial charge is 0.322 e. The van der Waals surface area contributed by atoms with Crippen LogP contribution in [0.25, 0.3) is 17.1 Å². The number of halogens is 2. The van der Waals surface area contributed by atoms with Crippen LogP contribution in [0, 0.1) is 25.5 Å². The summed E-state index contributed by atoms with van der Waals surface area (Å²) >= 11 is 0. The molecule has 9 heteroatoms. The van der Waals surface area contributed by atoms with Gasteiger partial charge in [0.25, 0.3) is 11.5 Å². The molecule has 4 rings (SSSR count). The van der Waals surface area contributed by atoms with Crippen molar-refractivity contribution in [2.45, 2.75) is 13.8 Å². The third kappa shape index (κ3) is 3.97. The van der Waals surface area contributed by atoms with Crippen molar-refractivity contribution in [3.05, 3.63) is 93.7 Å². The monoisotopic (exact) mass is 421 g/mol. The van der Waals surface area contributed by atoms with E-state index in [0.717, 1.165) is 22.8 Å². The second-order valence-corrected chi connectivity index (χ2v) is 6.92. The van der Waals surface area contributed by atoms with Gasteiger partial charge in [-0.1, -0.05) is 12.1 Å². The van der Waals surface area contributed by atoms with Crippen molar-refractivity contribution in [2.75, 3.05) is 5.32 Å². The first-order valence-corrected chi connectivity index (χ1v) is 9.32. The number of benzene rings is 2. The van der Waals surface area contributed by atoms with Gasteiger partial charge in [-0.15, -0.1) is 0 Å². The molecule has 156 valence electrons. The average Bonchev–Trinajstić information content (AvgIpc) is 3.17. The number of aromatic amines is 1. The number of hydrogen-bond acceptors (Lipinski definition) is 4. The van der Waals surface area contributed by atoms with Crippen LogP contribution in [0.15, 0.2) is 59.5 Å². The van der Waals surface area contributed by atoms with E-state index in [9.17, 15) is 18.4 Å². The topological polar surface area (TPSA) is 92.7 Å². The zero-order chi connectivity index (χ0) is 22.1. The van der Waals surface area contributed by atoms with Crippen molar-refractivity contribution in [3.8, 4) is 17.1 Å². The molecule has 2 aromatic carbocycles. The molecular formula is C22H17F2N5O2. The van der Waals surface area contributed by atoms with Crippen molar-refractivity contribution in [1.82, 2.24) is 19.7 Å². The van der Waals surface area contributed by atoms with Crippen LogP contribution in [0.4, 0.5) is 14.5 Å². The van der Waals surface area contributed by atoms with Gasteiger partial charge in [0, 0.05) is 23.5 Å². The number of aromatic nitrogens is 4. The van der Waals surface area contributed by atoms with Gasteiger partial charge in [-0.3, -0.25) is 19.3 Å². The molecule has 0 spiro atoms. The predicted molar refractivity (Wildman–Crippen MR) is 111 cm³/mol. The summed E-state index contributed by atoms with van der Waals surface area (Å²) in [6, 6.07) is 11.1. The van der Waals surface area contributed by atoms with E-state index in [0.29, 0.717) is 28.5 Å². The number of aryl methyl sites for hydroxylation is 2. The molecule has 31 heavy (non-hydrogen) atoms. The predicted octanol–water partition coefficient (Wildman–Crippen LogP) is 3.77. The maximum Gasteiger partial charge on any atom is 0.268 e. The van der Waals surface area contributed by atoms with Crippen LogP contribution < -0.4 is 10.9 Å². The zero-order valence-electron chi connectivity index (χ0n) is 16.6. The van der Waals surface area contributed by atoms with E-state index in [4.69, 9.17) is 0 Å². The van der Waals surface area contributed by atoms with E-state index >= 15 is 0 Å². The second kappa shape index (κ2) is 7.94. The fraction of sp³-hybridized carbons (Fsp3) is 0.0909. The Balaban J connectivity index is 1.70. The summed E-state index contributed by atoms with van der Waals surface area (Å²) in [5.41, 5.74) is 0.285. The Bertz CT molecular complexity index is 1360. The highest BCUT2D eigenvalue weighted by atomic mass is 19.1. The lowest BCUT2D eigenvalue weighted by molar-refractivity contribution is 0.102. The summed E-state index contributed by atoms with van der Waals surface area (Å²) in [6.07, 6.45) is 1.30. The number of amides is 1. The van der Waals surface area contributed by atoms with Gasteiger partial charge in [-0.25, -0.2) is 13.8 Å². The Morgan fingerprint density at radius 1 is 1.10 bits per heavy atom. The zero-order valence-corrected chi connectivity index (χ0v) is 16.6. The molecule has 0 radical (unpaired) electrons. The molecule has 0 aliphatic heterocycles. The van der Waals surface area contributed by atoms with Gasteiger partial charge in [-0.2, -0.15) is 5.10 Å². The fourth-order valence-corrected chi connectivity index (χ4v) is 3.16. The van der Waals surface area contributed by atoms with Crippen LogP contribution in [0.5, 0.6) is 0 Å². The SMILES string of the molecule is Cc1nc(-c2cccc(NC(=O)c3c(C)ccn(-c4cc(F)ccc4F)c3=O)c2)n[nH]1. The van der Waals surface area contributed by atoms with Crippen molar-refractivity contribution in [1.29, 1.82) is 0 Å². The van der Waals surface area contributed by atoms with Crippen LogP contribution in [0.2, 0.25) is 0 Å². The molecule has 0 aliphatic carbocycles. The van der Waals surface area contributed by atoms with E-state index in [1.807, 2.05) is 0 Å².